The Bertz CT molecular complexity index is 168. The summed E-state index contributed by atoms with van der Waals surface area (Å²) in [7, 11) is 0. The molecule has 1 aliphatic rings. The van der Waals surface area contributed by atoms with E-state index in [0.29, 0.717) is 12.8 Å². The molecule has 1 fully saturated rings. The van der Waals surface area contributed by atoms with Gasteiger partial charge in [-0.1, -0.05) is 19.3 Å². The number of halogens is 3. The second-order valence-corrected chi connectivity index (χ2v) is 3.98. The molecule has 1 saturated carbocycles. The van der Waals surface area contributed by atoms with Gasteiger partial charge in [-0.3, -0.25) is 0 Å². The first-order valence-corrected chi connectivity index (χ1v) is 4.65. The molecule has 0 amide bonds. The van der Waals surface area contributed by atoms with E-state index in [-0.39, 0.29) is 0 Å². The zero-order chi connectivity index (χ0) is 10.1. The molecule has 0 aliphatic heterocycles. The van der Waals surface area contributed by atoms with E-state index in [1.165, 1.54) is 0 Å². The lowest BCUT2D eigenvalue weighted by Gasteiger charge is -2.36. The quantitative estimate of drug-likeness (QED) is 0.683. The Morgan fingerprint density at radius 1 is 1.08 bits per heavy atom. The molecule has 0 spiro atoms. The summed E-state index contributed by atoms with van der Waals surface area (Å²) in [6, 6.07) is 0. The summed E-state index contributed by atoms with van der Waals surface area (Å²) in [5.74, 6) is -0.610. The Morgan fingerprint density at radius 3 is 1.92 bits per heavy atom. The summed E-state index contributed by atoms with van der Waals surface area (Å²) in [6.45, 7) is 0.892. The van der Waals surface area contributed by atoms with Gasteiger partial charge >= 0.3 is 6.18 Å². The van der Waals surface area contributed by atoms with E-state index in [0.717, 1.165) is 26.2 Å². The molecular formula is C9H15F3O. The lowest BCUT2D eigenvalue weighted by Crippen LogP contribution is -2.49. The largest absolute Gasteiger partial charge is 0.417 e. The van der Waals surface area contributed by atoms with Crippen LogP contribution in [0.15, 0.2) is 0 Å². The molecule has 1 nitrogen and oxygen atoms in total. The van der Waals surface area contributed by atoms with Crippen LogP contribution in [-0.2, 0) is 0 Å². The summed E-state index contributed by atoms with van der Waals surface area (Å²) in [5, 5.41) is 9.35. The van der Waals surface area contributed by atoms with Crippen molar-refractivity contribution in [1.82, 2.24) is 0 Å². The number of aliphatic hydroxyl groups is 1. The molecule has 1 N–H and O–H groups in total. The van der Waals surface area contributed by atoms with Crippen LogP contribution in [0.4, 0.5) is 13.2 Å². The van der Waals surface area contributed by atoms with Crippen LogP contribution in [0.25, 0.3) is 0 Å². The molecule has 0 aromatic carbocycles. The summed E-state index contributed by atoms with van der Waals surface area (Å²) >= 11 is 0. The Kier molecular flexibility index (Phi) is 2.90. The zero-order valence-corrected chi connectivity index (χ0v) is 7.69. The molecule has 1 atom stereocenters. The predicted octanol–water partition coefficient (Wildman–Crippen LogP) is 2.88. The van der Waals surface area contributed by atoms with Crippen molar-refractivity contribution in [3.8, 4) is 0 Å². The minimum absolute atomic E-state index is 0.493. The molecule has 4 heteroatoms. The summed E-state index contributed by atoms with van der Waals surface area (Å²) in [4.78, 5) is 0. The van der Waals surface area contributed by atoms with E-state index in [2.05, 4.69) is 0 Å². The third-order valence-electron chi connectivity index (χ3n) is 2.97. The molecule has 1 rings (SSSR count). The Labute approximate surface area is 75.9 Å². The third kappa shape index (κ3) is 2.16. The maximum atomic E-state index is 12.4. The fourth-order valence-electron chi connectivity index (χ4n) is 1.90. The van der Waals surface area contributed by atoms with E-state index in [1.54, 1.807) is 0 Å². The van der Waals surface area contributed by atoms with Crippen LogP contribution in [0.3, 0.4) is 0 Å². The molecule has 1 aliphatic carbocycles. The Balaban J connectivity index is 2.67. The van der Waals surface area contributed by atoms with Crippen LogP contribution in [0.5, 0.6) is 0 Å². The van der Waals surface area contributed by atoms with Crippen molar-refractivity contribution in [2.75, 3.05) is 0 Å². The van der Waals surface area contributed by atoms with E-state index in [4.69, 9.17) is 0 Å². The average molecular weight is 196 g/mol. The van der Waals surface area contributed by atoms with Gasteiger partial charge in [-0.25, -0.2) is 0 Å². The molecule has 78 valence electrons. The number of hydrogen-bond donors (Lipinski definition) is 1. The van der Waals surface area contributed by atoms with Crippen molar-refractivity contribution < 1.29 is 18.3 Å². The van der Waals surface area contributed by atoms with Crippen LogP contribution in [0.2, 0.25) is 0 Å². The first kappa shape index (κ1) is 10.8. The van der Waals surface area contributed by atoms with Gasteiger partial charge in [0.25, 0.3) is 0 Å². The average Bonchev–Trinajstić information content (AvgIpc) is 2.04. The van der Waals surface area contributed by atoms with Crippen molar-refractivity contribution in [2.45, 2.75) is 50.8 Å². The topological polar surface area (TPSA) is 20.2 Å². The van der Waals surface area contributed by atoms with Gasteiger partial charge in [-0.15, -0.1) is 0 Å². The third-order valence-corrected chi connectivity index (χ3v) is 2.97. The molecule has 0 saturated heterocycles. The van der Waals surface area contributed by atoms with E-state index in [9.17, 15) is 18.3 Å². The highest BCUT2D eigenvalue weighted by molar-refractivity contribution is 4.90. The normalized spacial score (nSPS) is 25.6. The van der Waals surface area contributed by atoms with Gasteiger partial charge in [0.1, 0.15) is 0 Å². The first-order valence-electron chi connectivity index (χ1n) is 4.65. The van der Waals surface area contributed by atoms with Crippen LogP contribution >= 0.6 is 0 Å². The standard InChI is InChI=1S/C9H15F3O/c1-8(13,9(10,11)12)7-5-3-2-4-6-7/h7,13H,2-6H2,1H3/t8-/m1/s1. The number of hydrogen-bond acceptors (Lipinski definition) is 1. The SMILES string of the molecule is C[C@@](O)(C1CCCCC1)C(F)(F)F. The monoisotopic (exact) mass is 196 g/mol. The van der Waals surface area contributed by atoms with Gasteiger partial charge in [0.15, 0.2) is 5.60 Å². The smallest absolute Gasteiger partial charge is 0.380 e. The second kappa shape index (κ2) is 3.48. The molecule has 0 aromatic rings. The highest BCUT2D eigenvalue weighted by atomic mass is 19.4. The molecular weight excluding hydrogens is 181 g/mol. The Morgan fingerprint density at radius 2 is 1.54 bits per heavy atom. The summed E-state index contributed by atoms with van der Waals surface area (Å²) in [6.07, 6.45) is -0.910. The van der Waals surface area contributed by atoms with Crippen molar-refractivity contribution in [3.63, 3.8) is 0 Å². The fourth-order valence-corrected chi connectivity index (χ4v) is 1.90. The van der Waals surface area contributed by atoms with Gasteiger partial charge in [-0.2, -0.15) is 13.2 Å². The second-order valence-electron chi connectivity index (χ2n) is 3.98. The van der Waals surface area contributed by atoms with Crippen molar-refractivity contribution in [1.29, 1.82) is 0 Å². The van der Waals surface area contributed by atoms with E-state index < -0.39 is 17.7 Å². The highest BCUT2D eigenvalue weighted by Crippen LogP contribution is 2.42. The van der Waals surface area contributed by atoms with Gasteiger partial charge in [0.2, 0.25) is 0 Å². The van der Waals surface area contributed by atoms with Crippen LogP contribution in [0, 0.1) is 5.92 Å². The minimum atomic E-state index is -4.49. The molecule has 13 heavy (non-hydrogen) atoms. The maximum Gasteiger partial charge on any atom is 0.417 e. The molecule has 0 heterocycles. The number of rotatable bonds is 1. The number of alkyl halides is 3. The van der Waals surface area contributed by atoms with Gasteiger partial charge in [0.05, 0.1) is 0 Å². The molecule has 0 bridgehead atoms. The van der Waals surface area contributed by atoms with E-state index >= 15 is 0 Å². The molecule has 0 aromatic heterocycles. The van der Waals surface area contributed by atoms with Gasteiger partial charge < -0.3 is 5.11 Å². The zero-order valence-electron chi connectivity index (χ0n) is 7.69. The Hall–Kier alpha value is -0.250. The van der Waals surface area contributed by atoms with Gasteiger partial charge in [-0.05, 0) is 25.7 Å². The van der Waals surface area contributed by atoms with Crippen molar-refractivity contribution in [2.24, 2.45) is 5.92 Å². The highest BCUT2D eigenvalue weighted by Gasteiger charge is 2.54. The summed E-state index contributed by atoms with van der Waals surface area (Å²) < 4.78 is 37.1. The van der Waals surface area contributed by atoms with Gasteiger partial charge in [0, 0.05) is 0 Å². The first-order chi connectivity index (χ1) is 5.86. The predicted molar refractivity (Wildman–Crippen MR) is 43.3 cm³/mol. The van der Waals surface area contributed by atoms with Crippen LogP contribution in [0.1, 0.15) is 39.0 Å². The summed E-state index contributed by atoms with van der Waals surface area (Å²) in [5.41, 5.74) is -2.49. The van der Waals surface area contributed by atoms with Crippen LogP contribution < -0.4 is 0 Å². The fraction of sp³-hybridized carbons (Fsp3) is 1.00. The molecule has 0 unspecified atom stereocenters. The lowest BCUT2D eigenvalue weighted by atomic mass is 9.77. The van der Waals surface area contributed by atoms with Crippen molar-refractivity contribution >= 4 is 0 Å². The van der Waals surface area contributed by atoms with Crippen molar-refractivity contribution in [3.05, 3.63) is 0 Å². The van der Waals surface area contributed by atoms with Crippen LogP contribution in [-0.4, -0.2) is 16.9 Å². The molecule has 0 radical (unpaired) electrons. The van der Waals surface area contributed by atoms with E-state index in [1.807, 2.05) is 0 Å². The maximum absolute atomic E-state index is 12.4. The lowest BCUT2D eigenvalue weighted by molar-refractivity contribution is -0.274. The minimum Gasteiger partial charge on any atom is -0.380 e.